The molecule has 7 nitrogen and oxygen atoms in total. The third-order valence-corrected chi connectivity index (χ3v) is 9.02. The third-order valence-electron chi connectivity index (χ3n) is 6.44. The molecule has 176 valence electrons. The second-order valence-electron chi connectivity index (χ2n) is 8.74. The lowest BCUT2D eigenvalue weighted by molar-refractivity contribution is 0.443. The molecule has 0 radical (unpaired) electrons. The van der Waals surface area contributed by atoms with Gasteiger partial charge in [-0.1, -0.05) is 43.2 Å². The molecule has 2 heterocycles. The van der Waals surface area contributed by atoms with E-state index < -0.39 is 10.0 Å². The fourth-order valence-corrected chi connectivity index (χ4v) is 6.46. The fourth-order valence-electron chi connectivity index (χ4n) is 4.39. The summed E-state index contributed by atoms with van der Waals surface area (Å²) < 4.78 is 30.3. The van der Waals surface area contributed by atoms with Gasteiger partial charge in [0.25, 0.3) is 15.8 Å². The molecule has 0 aliphatic heterocycles. The van der Waals surface area contributed by atoms with E-state index in [1.54, 1.807) is 40.5 Å². The lowest BCUT2D eigenvalue weighted by Gasteiger charge is -2.22. The van der Waals surface area contributed by atoms with Gasteiger partial charge in [0.05, 0.1) is 4.90 Å². The van der Waals surface area contributed by atoms with E-state index in [0.717, 1.165) is 21.2 Å². The summed E-state index contributed by atoms with van der Waals surface area (Å²) in [6.07, 6.45) is 7.68. The summed E-state index contributed by atoms with van der Waals surface area (Å²) in [5, 5.41) is 5.22. The van der Waals surface area contributed by atoms with Crippen molar-refractivity contribution in [3.8, 4) is 0 Å². The number of aromatic nitrogens is 4. The predicted octanol–water partition coefficient (Wildman–Crippen LogP) is 5.74. The van der Waals surface area contributed by atoms with Crippen LogP contribution in [0.25, 0.3) is 5.78 Å². The van der Waals surface area contributed by atoms with Gasteiger partial charge in [0.2, 0.25) is 0 Å². The number of sulfonamides is 1. The highest BCUT2D eigenvalue weighted by Crippen LogP contribution is 2.34. The molecule has 1 N–H and O–H groups in total. The van der Waals surface area contributed by atoms with E-state index in [9.17, 15) is 8.42 Å². The Morgan fingerprint density at radius 3 is 2.38 bits per heavy atom. The van der Waals surface area contributed by atoms with Gasteiger partial charge in [0, 0.05) is 21.8 Å². The first kappa shape index (κ1) is 22.9. The highest BCUT2D eigenvalue weighted by Gasteiger charge is 2.19. The van der Waals surface area contributed by atoms with E-state index in [1.807, 2.05) is 38.1 Å². The zero-order chi connectivity index (χ0) is 23.7. The standard InChI is InChI=1S/C25H27N5O2S2/c1-17-18(2)28-25-26-16-27-30(25)24(17)33-22-12-10-21(11-13-22)29-34(31,32)23-14-8-20(9-15-23)19-6-4-3-5-7-19/h8-16,19,29H,3-7H2,1-2H3. The van der Waals surface area contributed by atoms with Crippen LogP contribution in [0.4, 0.5) is 5.69 Å². The highest BCUT2D eigenvalue weighted by molar-refractivity contribution is 7.99. The summed E-state index contributed by atoms with van der Waals surface area (Å²) in [7, 11) is -3.65. The molecule has 34 heavy (non-hydrogen) atoms. The van der Waals surface area contributed by atoms with Gasteiger partial charge in [0.15, 0.2) is 0 Å². The average Bonchev–Trinajstić information content (AvgIpc) is 3.31. The minimum atomic E-state index is -3.65. The Hall–Kier alpha value is -2.91. The first-order valence-corrected chi connectivity index (χ1v) is 13.8. The predicted molar refractivity (Wildman–Crippen MR) is 134 cm³/mol. The second kappa shape index (κ2) is 9.38. The summed E-state index contributed by atoms with van der Waals surface area (Å²) in [4.78, 5) is 9.88. The van der Waals surface area contributed by atoms with Crippen LogP contribution in [-0.4, -0.2) is 28.0 Å². The van der Waals surface area contributed by atoms with Crippen molar-refractivity contribution in [2.24, 2.45) is 0 Å². The smallest absolute Gasteiger partial charge is 0.261 e. The lowest BCUT2D eigenvalue weighted by Crippen LogP contribution is -2.13. The number of benzene rings is 2. The SMILES string of the molecule is Cc1nc2ncnn2c(Sc2ccc(NS(=O)(=O)c3ccc(C4CCCCC4)cc3)cc2)c1C. The maximum atomic E-state index is 12.9. The number of rotatable bonds is 6. The number of hydrogen-bond acceptors (Lipinski definition) is 6. The normalized spacial score (nSPS) is 15.0. The van der Waals surface area contributed by atoms with Crippen LogP contribution >= 0.6 is 11.8 Å². The second-order valence-corrected chi connectivity index (χ2v) is 11.5. The topological polar surface area (TPSA) is 89.2 Å². The van der Waals surface area contributed by atoms with E-state index in [-0.39, 0.29) is 4.90 Å². The molecule has 4 aromatic rings. The maximum absolute atomic E-state index is 12.9. The number of nitrogens with zero attached hydrogens (tertiary/aromatic N) is 4. The minimum Gasteiger partial charge on any atom is -0.280 e. The van der Waals surface area contributed by atoms with Crippen molar-refractivity contribution in [2.45, 2.75) is 66.7 Å². The van der Waals surface area contributed by atoms with Crippen LogP contribution < -0.4 is 4.72 Å². The van der Waals surface area contributed by atoms with Crippen LogP contribution in [0.2, 0.25) is 0 Å². The van der Waals surface area contributed by atoms with Gasteiger partial charge in [-0.05, 0) is 74.6 Å². The van der Waals surface area contributed by atoms with Gasteiger partial charge < -0.3 is 0 Å². The third kappa shape index (κ3) is 4.67. The quantitative estimate of drug-likeness (QED) is 0.345. The molecule has 9 heteroatoms. The summed E-state index contributed by atoms with van der Waals surface area (Å²) in [5.41, 5.74) is 3.70. The fraction of sp³-hybridized carbons (Fsp3) is 0.320. The van der Waals surface area contributed by atoms with Crippen LogP contribution in [0.3, 0.4) is 0 Å². The van der Waals surface area contributed by atoms with Crippen LogP contribution in [0.1, 0.15) is 54.8 Å². The zero-order valence-electron chi connectivity index (χ0n) is 19.2. The van der Waals surface area contributed by atoms with Crippen molar-refractivity contribution in [3.63, 3.8) is 0 Å². The van der Waals surface area contributed by atoms with Crippen molar-refractivity contribution < 1.29 is 8.42 Å². The molecule has 0 bridgehead atoms. The van der Waals surface area contributed by atoms with E-state index in [0.29, 0.717) is 17.4 Å². The van der Waals surface area contributed by atoms with E-state index >= 15 is 0 Å². The van der Waals surface area contributed by atoms with Gasteiger partial charge >= 0.3 is 0 Å². The molecule has 0 saturated heterocycles. The van der Waals surface area contributed by atoms with E-state index in [4.69, 9.17) is 0 Å². The molecule has 1 aliphatic rings. The Morgan fingerprint density at radius 2 is 1.68 bits per heavy atom. The van der Waals surface area contributed by atoms with E-state index in [2.05, 4.69) is 19.8 Å². The molecule has 0 amide bonds. The lowest BCUT2D eigenvalue weighted by atomic mass is 9.84. The Bertz CT molecular complexity index is 1410. The number of aryl methyl sites for hydroxylation is 1. The Morgan fingerprint density at radius 1 is 0.971 bits per heavy atom. The first-order valence-electron chi connectivity index (χ1n) is 11.5. The molecule has 2 aromatic heterocycles. The monoisotopic (exact) mass is 493 g/mol. The molecule has 5 rings (SSSR count). The number of nitrogens with one attached hydrogen (secondary N) is 1. The minimum absolute atomic E-state index is 0.280. The Kier molecular flexibility index (Phi) is 6.31. The van der Waals surface area contributed by atoms with Crippen LogP contribution in [0, 0.1) is 13.8 Å². The van der Waals surface area contributed by atoms with Gasteiger partial charge in [0.1, 0.15) is 11.4 Å². The van der Waals surface area contributed by atoms with Crippen LogP contribution in [0.5, 0.6) is 0 Å². The number of anilines is 1. The van der Waals surface area contributed by atoms with Crippen LogP contribution in [0.15, 0.2) is 69.7 Å². The van der Waals surface area contributed by atoms with Gasteiger partial charge in [-0.15, -0.1) is 0 Å². The summed E-state index contributed by atoms with van der Waals surface area (Å²) in [6.45, 7) is 3.96. The van der Waals surface area contributed by atoms with Crippen molar-refractivity contribution in [1.82, 2.24) is 19.6 Å². The number of hydrogen-bond donors (Lipinski definition) is 1. The number of fused-ring (bicyclic) bond motifs is 1. The van der Waals surface area contributed by atoms with Crippen molar-refractivity contribution in [1.29, 1.82) is 0 Å². The molecular formula is C25H27N5O2S2. The molecular weight excluding hydrogens is 466 g/mol. The van der Waals surface area contributed by atoms with Crippen molar-refractivity contribution in [2.75, 3.05) is 4.72 Å². The van der Waals surface area contributed by atoms with Gasteiger partial charge in [-0.25, -0.2) is 13.4 Å². The van der Waals surface area contributed by atoms with E-state index in [1.165, 1.54) is 44.0 Å². The van der Waals surface area contributed by atoms with Gasteiger partial charge in [-0.3, -0.25) is 4.72 Å². The molecule has 0 unspecified atom stereocenters. The molecule has 1 fully saturated rings. The summed E-state index contributed by atoms with van der Waals surface area (Å²) in [5.74, 6) is 1.11. The zero-order valence-corrected chi connectivity index (χ0v) is 20.9. The average molecular weight is 494 g/mol. The molecule has 1 saturated carbocycles. The summed E-state index contributed by atoms with van der Waals surface area (Å²) in [6, 6.07) is 14.7. The maximum Gasteiger partial charge on any atom is 0.261 e. The molecule has 0 spiro atoms. The molecule has 1 aliphatic carbocycles. The van der Waals surface area contributed by atoms with Crippen LogP contribution in [-0.2, 0) is 10.0 Å². The highest BCUT2D eigenvalue weighted by atomic mass is 32.2. The first-order chi connectivity index (χ1) is 16.4. The summed E-state index contributed by atoms with van der Waals surface area (Å²) >= 11 is 1.54. The van der Waals surface area contributed by atoms with Gasteiger partial charge in [-0.2, -0.15) is 14.6 Å². The Balaban J connectivity index is 1.30. The largest absolute Gasteiger partial charge is 0.280 e. The Labute approximate surface area is 204 Å². The molecule has 0 atom stereocenters. The van der Waals surface area contributed by atoms with Crippen molar-refractivity contribution in [3.05, 3.63) is 71.7 Å². The van der Waals surface area contributed by atoms with Crippen molar-refractivity contribution >= 4 is 33.3 Å². The molecule has 2 aromatic carbocycles.